The average Bonchev–Trinajstić information content (AvgIpc) is 3.07. The fraction of sp³-hybridized carbons (Fsp3) is 0.391. The first kappa shape index (κ1) is 24.5. The topological polar surface area (TPSA) is 51.5 Å². The zero-order chi connectivity index (χ0) is 22.3. The van der Waals surface area contributed by atoms with Crippen molar-refractivity contribution >= 4 is 33.4 Å². The molecule has 9 heteroatoms. The third-order valence-electron chi connectivity index (χ3n) is 6.04. The Labute approximate surface area is 193 Å². The number of hydrogen-bond acceptors (Lipinski definition) is 4. The largest absolute Gasteiger partial charge is 0.379 e. The lowest BCUT2D eigenvalue weighted by molar-refractivity contribution is 0.256. The van der Waals surface area contributed by atoms with Gasteiger partial charge in [0.15, 0.2) is 4.90 Å². The maximum absolute atomic E-state index is 14.1. The summed E-state index contributed by atoms with van der Waals surface area (Å²) in [5, 5.41) is 0.926. The molecule has 0 aliphatic carbocycles. The Balaban J connectivity index is 0.00000289. The van der Waals surface area contributed by atoms with E-state index in [1.165, 1.54) is 0 Å². The van der Waals surface area contributed by atoms with Crippen LogP contribution in [0.1, 0.15) is 36.8 Å². The van der Waals surface area contributed by atoms with Crippen LogP contribution in [0.4, 0.5) is 8.78 Å². The van der Waals surface area contributed by atoms with Crippen LogP contribution in [0, 0.1) is 18.6 Å². The molecule has 1 aliphatic heterocycles. The predicted molar refractivity (Wildman–Crippen MR) is 123 cm³/mol. The molecular formula is C23H27ClF2N2O3S. The highest BCUT2D eigenvalue weighted by Crippen LogP contribution is 2.38. The molecule has 1 saturated heterocycles. The molecule has 0 unspecified atom stereocenters. The lowest BCUT2D eigenvalue weighted by atomic mass is 9.89. The van der Waals surface area contributed by atoms with Crippen molar-refractivity contribution in [1.82, 2.24) is 9.47 Å². The molecule has 0 atom stereocenters. The van der Waals surface area contributed by atoms with Crippen LogP contribution in [-0.2, 0) is 16.7 Å². The van der Waals surface area contributed by atoms with Crippen LogP contribution in [0.5, 0.6) is 5.75 Å². The predicted octanol–water partition coefficient (Wildman–Crippen LogP) is 5.25. The fourth-order valence-corrected chi connectivity index (χ4v) is 5.53. The molecule has 0 radical (unpaired) electrons. The van der Waals surface area contributed by atoms with Crippen molar-refractivity contribution < 1.29 is 21.4 Å². The molecule has 1 aromatic heterocycles. The Kier molecular flexibility index (Phi) is 7.17. The van der Waals surface area contributed by atoms with E-state index in [2.05, 4.69) is 29.6 Å². The highest BCUT2D eigenvalue weighted by Gasteiger charge is 2.28. The summed E-state index contributed by atoms with van der Waals surface area (Å²) >= 11 is 0. The third kappa shape index (κ3) is 4.49. The van der Waals surface area contributed by atoms with Gasteiger partial charge in [0.05, 0.1) is 5.52 Å². The molecule has 1 aliphatic rings. The molecule has 3 aromatic rings. The minimum absolute atomic E-state index is 0. The summed E-state index contributed by atoms with van der Waals surface area (Å²) < 4.78 is 60.8. The van der Waals surface area contributed by atoms with Crippen LogP contribution in [0.15, 0.2) is 41.4 Å². The lowest BCUT2D eigenvalue weighted by Gasteiger charge is -2.28. The van der Waals surface area contributed by atoms with Gasteiger partial charge in [-0.15, -0.1) is 12.4 Å². The zero-order valence-electron chi connectivity index (χ0n) is 18.3. The van der Waals surface area contributed by atoms with Crippen molar-refractivity contribution in [3.05, 3.63) is 59.3 Å². The molecule has 0 bridgehead atoms. The molecular weight excluding hydrogens is 458 g/mol. The molecule has 0 saturated carbocycles. The van der Waals surface area contributed by atoms with Gasteiger partial charge in [-0.3, -0.25) is 0 Å². The smallest absolute Gasteiger partial charge is 0.345 e. The number of halogens is 3. The van der Waals surface area contributed by atoms with E-state index in [9.17, 15) is 17.2 Å². The highest BCUT2D eigenvalue weighted by atomic mass is 35.5. The van der Waals surface area contributed by atoms with Gasteiger partial charge in [-0.25, -0.2) is 8.78 Å². The van der Waals surface area contributed by atoms with Crippen LogP contribution in [-0.4, -0.2) is 38.0 Å². The number of benzene rings is 2. The Hall–Kier alpha value is -2.16. The van der Waals surface area contributed by atoms with Crippen molar-refractivity contribution in [1.29, 1.82) is 0 Å². The van der Waals surface area contributed by atoms with Gasteiger partial charge in [-0.1, -0.05) is 6.07 Å². The van der Waals surface area contributed by atoms with Crippen molar-refractivity contribution in [2.24, 2.45) is 0 Å². The number of rotatable bonds is 5. The minimum atomic E-state index is -4.67. The average molecular weight is 485 g/mol. The van der Waals surface area contributed by atoms with Gasteiger partial charge < -0.3 is 13.7 Å². The Morgan fingerprint density at radius 2 is 1.75 bits per heavy atom. The summed E-state index contributed by atoms with van der Waals surface area (Å²) in [6.07, 6.45) is 4.17. The van der Waals surface area contributed by atoms with Gasteiger partial charge in [0.2, 0.25) is 0 Å². The number of aryl methyl sites for hydroxylation is 2. The van der Waals surface area contributed by atoms with E-state index in [1.807, 2.05) is 6.92 Å². The molecule has 1 fully saturated rings. The standard InChI is InChI=1S/C23H26F2N2O3S.ClH/c1-4-27-14-19(16-8-10-26(3)11-9-16)18-13-17(12-15(2)22(18)27)30-31(28,29)23-20(24)6-5-7-21(23)25;/h5-7,12-14,16H,4,8-11H2,1-3H3;1H. The van der Waals surface area contributed by atoms with Crippen molar-refractivity contribution in [2.75, 3.05) is 20.1 Å². The monoisotopic (exact) mass is 484 g/mol. The number of hydrogen-bond donors (Lipinski definition) is 0. The van der Waals surface area contributed by atoms with Gasteiger partial charge >= 0.3 is 10.1 Å². The van der Waals surface area contributed by atoms with Crippen LogP contribution in [0.2, 0.25) is 0 Å². The molecule has 0 spiro atoms. The first-order chi connectivity index (χ1) is 14.7. The van der Waals surface area contributed by atoms with Crippen molar-refractivity contribution in [2.45, 2.75) is 44.0 Å². The van der Waals surface area contributed by atoms with E-state index >= 15 is 0 Å². The first-order valence-electron chi connectivity index (χ1n) is 10.4. The number of likely N-dealkylation sites (tertiary alicyclic amines) is 1. The molecule has 174 valence electrons. The summed E-state index contributed by atoms with van der Waals surface area (Å²) in [5.41, 5.74) is 3.03. The SMILES string of the molecule is CCn1cc(C2CCN(C)CC2)c2cc(OS(=O)(=O)c3c(F)cccc3F)cc(C)c21.Cl. The van der Waals surface area contributed by atoms with E-state index in [0.29, 0.717) is 5.92 Å². The minimum Gasteiger partial charge on any atom is -0.379 e. The van der Waals surface area contributed by atoms with Gasteiger partial charge in [-0.2, -0.15) is 8.42 Å². The highest BCUT2D eigenvalue weighted by molar-refractivity contribution is 7.87. The van der Waals surface area contributed by atoms with E-state index in [0.717, 1.165) is 72.7 Å². The zero-order valence-corrected chi connectivity index (χ0v) is 19.9. The number of fused-ring (bicyclic) bond motifs is 1. The van der Waals surface area contributed by atoms with Gasteiger partial charge in [0.1, 0.15) is 17.4 Å². The van der Waals surface area contributed by atoms with E-state index in [-0.39, 0.29) is 18.2 Å². The molecule has 2 heterocycles. The number of piperidine rings is 1. The van der Waals surface area contributed by atoms with Crippen LogP contribution in [0.25, 0.3) is 10.9 Å². The van der Waals surface area contributed by atoms with Crippen molar-refractivity contribution in [3.8, 4) is 5.75 Å². The lowest BCUT2D eigenvalue weighted by Crippen LogP contribution is -2.29. The van der Waals surface area contributed by atoms with Gasteiger partial charge in [-0.05, 0) is 88.1 Å². The maximum atomic E-state index is 14.1. The van der Waals surface area contributed by atoms with Crippen LogP contribution < -0.4 is 4.18 Å². The second-order valence-electron chi connectivity index (χ2n) is 8.17. The molecule has 4 rings (SSSR count). The summed E-state index contributed by atoms with van der Waals surface area (Å²) in [4.78, 5) is 1.22. The Morgan fingerprint density at radius 3 is 2.34 bits per heavy atom. The molecule has 5 nitrogen and oxygen atoms in total. The van der Waals surface area contributed by atoms with Gasteiger partial charge in [0, 0.05) is 18.1 Å². The third-order valence-corrected chi connectivity index (χ3v) is 7.34. The maximum Gasteiger partial charge on any atom is 0.345 e. The summed E-state index contributed by atoms with van der Waals surface area (Å²) in [5.74, 6) is -1.94. The number of nitrogens with zero attached hydrogens (tertiary/aromatic N) is 2. The quantitative estimate of drug-likeness (QED) is 0.464. The second kappa shape index (κ2) is 9.37. The Bertz CT molecular complexity index is 1220. The molecule has 2 aromatic carbocycles. The second-order valence-corrected chi connectivity index (χ2v) is 9.66. The van der Waals surface area contributed by atoms with Crippen LogP contribution in [0.3, 0.4) is 0 Å². The van der Waals surface area contributed by atoms with E-state index in [4.69, 9.17) is 4.18 Å². The van der Waals surface area contributed by atoms with E-state index in [1.54, 1.807) is 12.1 Å². The summed E-state index contributed by atoms with van der Waals surface area (Å²) in [6.45, 7) is 6.73. The van der Waals surface area contributed by atoms with E-state index < -0.39 is 26.6 Å². The van der Waals surface area contributed by atoms with Crippen molar-refractivity contribution in [3.63, 3.8) is 0 Å². The molecule has 32 heavy (non-hydrogen) atoms. The number of aromatic nitrogens is 1. The summed E-state index contributed by atoms with van der Waals surface area (Å²) in [7, 11) is -2.56. The molecule has 0 N–H and O–H groups in total. The first-order valence-corrected chi connectivity index (χ1v) is 11.8. The van der Waals surface area contributed by atoms with Crippen LogP contribution >= 0.6 is 12.4 Å². The normalized spacial score (nSPS) is 15.7. The fourth-order valence-electron chi connectivity index (χ4n) is 4.48. The summed E-state index contributed by atoms with van der Waals surface area (Å²) in [6, 6.07) is 6.18. The molecule has 0 amide bonds. The van der Waals surface area contributed by atoms with Gasteiger partial charge in [0.25, 0.3) is 0 Å². The Morgan fingerprint density at radius 1 is 1.12 bits per heavy atom.